The number of hydrogen-bond acceptors (Lipinski definition) is 4. The van der Waals surface area contributed by atoms with E-state index in [0.29, 0.717) is 24.4 Å². The first kappa shape index (κ1) is 20.6. The Morgan fingerprint density at radius 2 is 1.55 bits per heavy atom. The molecule has 0 atom stereocenters. The lowest BCUT2D eigenvalue weighted by Gasteiger charge is -2.34. The first-order valence-electron chi connectivity index (χ1n) is 9.81. The lowest BCUT2D eigenvalue weighted by Crippen LogP contribution is -2.50. The minimum atomic E-state index is -1.07. The fourth-order valence-electron chi connectivity index (χ4n) is 3.38. The van der Waals surface area contributed by atoms with Crippen LogP contribution in [0, 0.1) is 11.6 Å². The maximum Gasteiger partial charge on any atom is 0.290 e. The molecule has 1 aliphatic rings. The molecule has 1 saturated heterocycles. The third-order valence-corrected chi connectivity index (χ3v) is 5.10. The summed E-state index contributed by atoms with van der Waals surface area (Å²) in [6, 6.07) is 14.0. The van der Waals surface area contributed by atoms with Crippen molar-refractivity contribution in [3.05, 3.63) is 89.4 Å². The molecule has 0 N–H and O–H groups in total. The molecule has 31 heavy (non-hydrogen) atoms. The van der Waals surface area contributed by atoms with E-state index < -0.39 is 17.5 Å². The molecular weight excluding hydrogens is 406 g/mol. The van der Waals surface area contributed by atoms with Crippen LogP contribution < -0.4 is 4.74 Å². The minimum Gasteiger partial charge on any atom is -0.489 e. The molecule has 1 aromatic heterocycles. The van der Waals surface area contributed by atoms with Crippen molar-refractivity contribution in [2.75, 3.05) is 26.2 Å². The van der Waals surface area contributed by atoms with E-state index >= 15 is 0 Å². The van der Waals surface area contributed by atoms with Crippen molar-refractivity contribution in [1.29, 1.82) is 0 Å². The molecule has 0 radical (unpaired) electrons. The topological polar surface area (TPSA) is 63.0 Å². The lowest BCUT2D eigenvalue weighted by molar-refractivity contribution is 0.0516. The van der Waals surface area contributed by atoms with Gasteiger partial charge in [-0.05, 0) is 36.4 Å². The quantitative estimate of drug-likeness (QED) is 0.624. The van der Waals surface area contributed by atoms with E-state index in [9.17, 15) is 18.4 Å². The van der Waals surface area contributed by atoms with E-state index in [1.54, 1.807) is 11.0 Å². The normalized spacial score (nSPS) is 13.9. The maximum absolute atomic E-state index is 13.4. The Morgan fingerprint density at radius 1 is 0.871 bits per heavy atom. The number of carbonyl (C=O) groups is 2. The molecular formula is C23H20F2N2O4. The van der Waals surface area contributed by atoms with Crippen LogP contribution in [0.1, 0.15) is 26.5 Å². The summed E-state index contributed by atoms with van der Waals surface area (Å²) < 4.78 is 37.6. The second-order valence-corrected chi connectivity index (χ2v) is 7.09. The number of halogens is 2. The molecule has 4 rings (SSSR count). The van der Waals surface area contributed by atoms with Crippen molar-refractivity contribution in [1.82, 2.24) is 9.80 Å². The fourth-order valence-corrected chi connectivity index (χ4v) is 3.38. The molecule has 2 heterocycles. The SMILES string of the molecule is O=C(c1ccc(F)c(F)c1)N1CCN(C(=O)c2occc2COc2ccccc2)CC1. The summed E-state index contributed by atoms with van der Waals surface area (Å²) in [5.74, 6) is -1.86. The van der Waals surface area contributed by atoms with E-state index in [1.807, 2.05) is 30.3 Å². The fraction of sp³-hybridized carbons (Fsp3) is 0.217. The van der Waals surface area contributed by atoms with E-state index in [4.69, 9.17) is 9.15 Å². The zero-order chi connectivity index (χ0) is 21.8. The zero-order valence-corrected chi connectivity index (χ0v) is 16.6. The molecule has 0 saturated carbocycles. The van der Waals surface area contributed by atoms with Crippen molar-refractivity contribution in [2.45, 2.75) is 6.61 Å². The molecule has 2 amide bonds. The largest absolute Gasteiger partial charge is 0.489 e. The standard InChI is InChI=1S/C23H20F2N2O4/c24-19-7-6-16(14-20(19)25)22(28)26-9-11-27(12-10-26)23(29)21-17(8-13-30-21)15-31-18-4-2-1-3-5-18/h1-8,13-14H,9-12,15H2. The molecule has 3 aromatic rings. The number of benzene rings is 2. The number of para-hydroxylation sites is 1. The molecule has 0 spiro atoms. The Labute approximate surface area is 177 Å². The summed E-state index contributed by atoms with van der Waals surface area (Å²) in [5, 5.41) is 0. The molecule has 160 valence electrons. The molecule has 0 bridgehead atoms. The first-order valence-corrected chi connectivity index (χ1v) is 9.81. The van der Waals surface area contributed by atoms with Gasteiger partial charge >= 0.3 is 0 Å². The Kier molecular flexibility index (Phi) is 5.97. The van der Waals surface area contributed by atoms with Crippen LogP contribution >= 0.6 is 0 Å². The average Bonchev–Trinajstić information content (AvgIpc) is 3.28. The lowest BCUT2D eigenvalue weighted by atomic mass is 10.1. The van der Waals surface area contributed by atoms with Gasteiger partial charge in [0.25, 0.3) is 11.8 Å². The van der Waals surface area contributed by atoms with Crippen LogP contribution in [0.4, 0.5) is 8.78 Å². The summed E-state index contributed by atoms with van der Waals surface area (Å²) in [6.45, 7) is 1.35. The zero-order valence-electron chi connectivity index (χ0n) is 16.6. The second-order valence-electron chi connectivity index (χ2n) is 7.09. The number of amides is 2. The Balaban J connectivity index is 1.36. The van der Waals surface area contributed by atoms with E-state index in [2.05, 4.69) is 0 Å². The first-order chi connectivity index (χ1) is 15.0. The molecule has 8 heteroatoms. The molecule has 1 fully saturated rings. The summed E-state index contributed by atoms with van der Waals surface area (Å²) in [6.07, 6.45) is 1.44. The van der Waals surface area contributed by atoms with Gasteiger partial charge in [0.15, 0.2) is 17.4 Å². The van der Waals surface area contributed by atoms with Crippen LogP contribution in [0.5, 0.6) is 5.75 Å². The number of ether oxygens (including phenoxy) is 1. The Hall–Kier alpha value is -3.68. The number of carbonyl (C=O) groups excluding carboxylic acids is 2. The van der Waals surface area contributed by atoms with Gasteiger partial charge in [-0.25, -0.2) is 8.78 Å². The van der Waals surface area contributed by atoms with Crippen molar-refractivity contribution < 1.29 is 27.5 Å². The summed E-state index contributed by atoms with van der Waals surface area (Å²) in [7, 11) is 0. The molecule has 6 nitrogen and oxygen atoms in total. The number of nitrogens with zero attached hydrogens (tertiary/aromatic N) is 2. The predicted molar refractivity (Wildman–Crippen MR) is 108 cm³/mol. The average molecular weight is 426 g/mol. The highest BCUT2D eigenvalue weighted by Gasteiger charge is 2.28. The Bertz CT molecular complexity index is 1080. The van der Waals surface area contributed by atoms with Gasteiger partial charge in [0.1, 0.15) is 12.4 Å². The number of furan rings is 1. The predicted octanol–water partition coefficient (Wildman–Crippen LogP) is 3.74. The highest BCUT2D eigenvalue weighted by atomic mass is 19.2. The summed E-state index contributed by atoms with van der Waals surface area (Å²) >= 11 is 0. The Morgan fingerprint density at radius 3 is 2.23 bits per heavy atom. The van der Waals surface area contributed by atoms with Gasteiger partial charge in [-0.15, -0.1) is 0 Å². The van der Waals surface area contributed by atoms with Crippen LogP contribution in [0.15, 0.2) is 65.3 Å². The highest BCUT2D eigenvalue weighted by molar-refractivity contribution is 5.95. The maximum atomic E-state index is 13.4. The van der Waals surface area contributed by atoms with Gasteiger partial charge < -0.3 is 19.0 Å². The third-order valence-electron chi connectivity index (χ3n) is 5.10. The second kappa shape index (κ2) is 8.99. The van der Waals surface area contributed by atoms with E-state index in [1.165, 1.54) is 17.2 Å². The van der Waals surface area contributed by atoms with Crippen molar-refractivity contribution in [2.24, 2.45) is 0 Å². The van der Waals surface area contributed by atoms with Gasteiger partial charge in [-0.2, -0.15) is 0 Å². The van der Waals surface area contributed by atoms with Crippen LogP contribution in [0.3, 0.4) is 0 Å². The van der Waals surface area contributed by atoms with Gasteiger partial charge in [0, 0.05) is 37.3 Å². The smallest absolute Gasteiger partial charge is 0.290 e. The van der Waals surface area contributed by atoms with E-state index in [0.717, 1.165) is 12.1 Å². The van der Waals surface area contributed by atoms with Gasteiger partial charge in [0.2, 0.25) is 0 Å². The highest BCUT2D eigenvalue weighted by Crippen LogP contribution is 2.19. The van der Waals surface area contributed by atoms with E-state index in [-0.39, 0.29) is 36.9 Å². The van der Waals surface area contributed by atoms with Crippen molar-refractivity contribution in [3.63, 3.8) is 0 Å². The molecule has 0 aliphatic carbocycles. The number of hydrogen-bond donors (Lipinski definition) is 0. The number of rotatable bonds is 5. The van der Waals surface area contributed by atoms with Crippen LogP contribution in [0.25, 0.3) is 0 Å². The summed E-state index contributed by atoms with van der Waals surface area (Å²) in [5.41, 5.74) is 0.708. The monoisotopic (exact) mass is 426 g/mol. The molecule has 2 aromatic carbocycles. The third kappa shape index (κ3) is 4.58. The molecule has 0 unspecified atom stereocenters. The van der Waals surface area contributed by atoms with Crippen molar-refractivity contribution >= 4 is 11.8 Å². The van der Waals surface area contributed by atoms with Crippen LogP contribution in [-0.4, -0.2) is 47.8 Å². The van der Waals surface area contributed by atoms with Gasteiger partial charge in [-0.3, -0.25) is 9.59 Å². The minimum absolute atomic E-state index is 0.0741. The summed E-state index contributed by atoms with van der Waals surface area (Å²) in [4.78, 5) is 28.6. The molecule has 1 aliphatic heterocycles. The van der Waals surface area contributed by atoms with Crippen LogP contribution in [0.2, 0.25) is 0 Å². The van der Waals surface area contributed by atoms with Crippen LogP contribution in [-0.2, 0) is 6.61 Å². The van der Waals surface area contributed by atoms with Gasteiger partial charge in [-0.1, -0.05) is 18.2 Å². The van der Waals surface area contributed by atoms with Crippen molar-refractivity contribution in [3.8, 4) is 5.75 Å². The number of piperazine rings is 1. The van der Waals surface area contributed by atoms with Gasteiger partial charge in [0.05, 0.1) is 6.26 Å².